The average molecular weight is 362 g/mol. The summed E-state index contributed by atoms with van der Waals surface area (Å²) < 4.78 is 11.5. The second kappa shape index (κ2) is 5.24. The molecule has 5 heteroatoms. The quantitative estimate of drug-likeness (QED) is 0.726. The molecule has 0 unspecified atom stereocenters. The van der Waals surface area contributed by atoms with Crippen LogP contribution in [-0.2, 0) is 19.1 Å². The molecule has 5 aliphatic rings. The van der Waals surface area contributed by atoms with Gasteiger partial charge in [-0.25, -0.2) is 0 Å². The number of rotatable bonds is 1. The van der Waals surface area contributed by atoms with Crippen LogP contribution >= 0.6 is 0 Å². The summed E-state index contributed by atoms with van der Waals surface area (Å²) in [5.74, 6) is 0.736. The second-order valence-corrected chi connectivity index (χ2v) is 9.83. The van der Waals surface area contributed by atoms with Gasteiger partial charge in [-0.05, 0) is 62.7 Å². The maximum Gasteiger partial charge on any atom is 0.315 e. The number of hydrogen-bond donors (Lipinski definition) is 1. The molecule has 8 atom stereocenters. The fourth-order valence-electron chi connectivity index (χ4n) is 8.02. The van der Waals surface area contributed by atoms with Crippen LogP contribution in [0.5, 0.6) is 0 Å². The SMILES string of the molecule is CC(=O)O[C@H]1CC[C@H]2[C@@H]3C[C@H]4OC(=O)[C@@]5(CCCC[C@@]45O)[C@H]3CC[C@]12C. The van der Waals surface area contributed by atoms with Crippen LogP contribution in [-0.4, -0.2) is 34.9 Å². The van der Waals surface area contributed by atoms with Crippen LogP contribution < -0.4 is 0 Å². The van der Waals surface area contributed by atoms with E-state index in [0.29, 0.717) is 18.3 Å². The highest BCUT2D eigenvalue weighted by molar-refractivity contribution is 5.83. The molecule has 2 bridgehead atoms. The highest BCUT2D eigenvalue weighted by atomic mass is 16.6. The third-order valence-electron chi connectivity index (χ3n) is 9.08. The number of fused-ring (bicyclic) bond motifs is 3. The smallest absolute Gasteiger partial charge is 0.315 e. The lowest BCUT2D eigenvalue weighted by Crippen LogP contribution is -2.65. The van der Waals surface area contributed by atoms with Gasteiger partial charge in [0.1, 0.15) is 23.2 Å². The van der Waals surface area contributed by atoms with Gasteiger partial charge < -0.3 is 14.6 Å². The van der Waals surface area contributed by atoms with Gasteiger partial charge in [-0.3, -0.25) is 9.59 Å². The van der Waals surface area contributed by atoms with Crippen molar-refractivity contribution in [2.24, 2.45) is 28.6 Å². The third kappa shape index (κ3) is 1.81. The molecule has 5 nitrogen and oxygen atoms in total. The fraction of sp³-hybridized carbons (Fsp3) is 0.905. The summed E-state index contributed by atoms with van der Waals surface area (Å²) in [6, 6.07) is 0. The molecule has 0 spiro atoms. The number of ether oxygens (including phenoxy) is 2. The lowest BCUT2D eigenvalue weighted by molar-refractivity contribution is -0.203. The highest BCUT2D eigenvalue weighted by Gasteiger charge is 2.76. The predicted octanol–water partition coefficient (Wildman–Crippen LogP) is 2.98. The number of carbonyl (C=O) groups is 2. The van der Waals surface area contributed by atoms with E-state index in [-0.39, 0.29) is 35.5 Å². The van der Waals surface area contributed by atoms with Crippen LogP contribution in [0.1, 0.15) is 71.6 Å². The first-order valence-corrected chi connectivity index (χ1v) is 10.4. The Morgan fingerprint density at radius 2 is 1.92 bits per heavy atom. The first-order valence-electron chi connectivity index (χ1n) is 10.4. The van der Waals surface area contributed by atoms with Gasteiger partial charge in [-0.2, -0.15) is 0 Å². The molecule has 0 aromatic carbocycles. The zero-order chi connectivity index (χ0) is 18.3. The molecular formula is C21H30O5. The molecule has 144 valence electrons. The van der Waals surface area contributed by atoms with E-state index in [0.717, 1.165) is 51.4 Å². The van der Waals surface area contributed by atoms with Gasteiger partial charge in [0.25, 0.3) is 0 Å². The first kappa shape index (κ1) is 17.0. The Morgan fingerprint density at radius 1 is 1.15 bits per heavy atom. The largest absolute Gasteiger partial charge is 0.462 e. The van der Waals surface area contributed by atoms with E-state index in [2.05, 4.69) is 6.92 Å². The molecule has 5 fully saturated rings. The molecule has 1 N–H and O–H groups in total. The molecule has 5 rings (SSSR count). The Morgan fingerprint density at radius 3 is 2.69 bits per heavy atom. The Bertz CT molecular complexity index is 661. The first-order chi connectivity index (χ1) is 12.3. The van der Waals surface area contributed by atoms with Gasteiger partial charge in [-0.1, -0.05) is 19.8 Å². The van der Waals surface area contributed by atoms with Crippen molar-refractivity contribution in [1.29, 1.82) is 0 Å². The van der Waals surface area contributed by atoms with Crippen molar-refractivity contribution in [3.8, 4) is 0 Å². The van der Waals surface area contributed by atoms with E-state index in [1.165, 1.54) is 6.92 Å². The van der Waals surface area contributed by atoms with Crippen LogP contribution in [0.3, 0.4) is 0 Å². The molecule has 4 aliphatic carbocycles. The topological polar surface area (TPSA) is 72.8 Å². The Labute approximate surface area is 154 Å². The summed E-state index contributed by atoms with van der Waals surface area (Å²) in [6.07, 6.45) is 7.75. The van der Waals surface area contributed by atoms with E-state index in [1.54, 1.807) is 0 Å². The normalized spacial score (nSPS) is 54.7. The monoisotopic (exact) mass is 362 g/mol. The lowest BCUT2D eigenvalue weighted by atomic mass is 9.43. The molecule has 1 heterocycles. The summed E-state index contributed by atoms with van der Waals surface area (Å²) in [4.78, 5) is 24.6. The molecule has 0 aromatic heterocycles. The maximum atomic E-state index is 13.0. The molecule has 1 aliphatic heterocycles. The number of carbonyl (C=O) groups excluding carboxylic acids is 2. The predicted molar refractivity (Wildman–Crippen MR) is 92.9 cm³/mol. The van der Waals surface area contributed by atoms with Crippen LogP contribution in [0.15, 0.2) is 0 Å². The number of aliphatic hydroxyl groups is 1. The fourth-order valence-corrected chi connectivity index (χ4v) is 8.02. The molecule has 0 radical (unpaired) electrons. The molecule has 0 aromatic rings. The minimum absolute atomic E-state index is 0.00388. The summed E-state index contributed by atoms with van der Waals surface area (Å²) >= 11 is 0. The number of esters is 2. The summed E-state index contributed by atoms with van der Waals surface area (Å²) in [7, 11) is 0. The zero-order valence-corrected chi connectivity index (χ0v) is 15.8. The van der Waals surface area contributed by atoms with E-state index >= 15 is 0 Å². The molecule has 4 saturated carbocycles. The lowest BCUT2D eigenvalue weighted by Gasteiger charge is -2.59. The molecular weight excluding hydrogens is 332 g/mol. The van der Waals surface area contributed by atoms with E-state index in [9.17, 15) is 14.7 Å². The van der Waals surface area contributed by atoms with Gasteiger partial charge in [0.2, 0.25) is 0 Å². The summed E-state index contributed by atoms with van der Waals surface area (Å²) in [6.45, 7) is 3.77. The second-order valence-electron chi connectivity index (χ2n) is 9.83. The summed E-state index contributed by atoms with van der Waals surface area (Å²) in [5.41, 5.74) is -1.64. The van der Waals surface area contributed by atoms with Crippen LogP contribution in [0.25, 0.3) is 0 Å². The molecule has 0 amide bonds. The highest BCUT2D eigenvalue weighted by Crippen LogP contribution is 2.70. The van der Waals surface area contributed by atoms with Gasteiger partial charge in [0.05, 0.1) is 0 Å². The van der Waals surface area contributed by atoms with Crippen molar-refractivity contribution >= 4 is 11.9 Å². The van der Waals surface area contributed by atoms with Gasteiger partial charge in [0.15, 0.2) is 0 Å². The van der Waals surface area contributed by atoms with E-state index in [4.69, 9.17) is 9.47 Å². The van der Waals surface area contributed by atoms with E-state index < -0.39 is 11.0 Å². The van der Waals surface area contributed by atoms with Crippen LogP contribution in [0, 0.1) is 28.6 Å². The third-order valence-corrected chi connectivity index (χ3v) is 9.08. The van der Waals surface area contributed by atoms with Crippen molar-refractivity contribution in [2.75, 3.05) is 0 Å². The maximum absolute atomic E-state index is 13.0. The number of hydrogen-bond acceptors (Lipinski definition) is 5. The molecule has 26 heavy (non-hydrogen) atoms. The summed E-state index contributed by atoms with van der Waals surface area (Å²) in [5, 5.41) is 11.6. The Balaban J connectivity index is 1.52. The van der Waals surface area contributed by atoms with Gasteiger partial charge >= 0.3 is 11.9 Å². The zero-order valence-electron chi connectivity index (χ0n) is 15.8. The van der Waals surface area contributed by atoms with Crippen LogP contribution in [0.4, 0.5) is 0 Å². The van der Waals surface area contributed by atoms with E-state index in [1.807, 2.05) is 0 Å². The minimum atomic E-state index is -0.953. The van der Waals surface area contributed by atoms with Crippen molar-refractivity contribution in [3.63, 3.8) is 0 Å². The van der Waals surface area contributed by atoms with Crippen molar-refractivity contribution in [1.82, 2.24) is 0 Å². The standard InChI is InChI=1S/C21H30O5/c1-12(22)25-16-6-5-14-13-11-17-21(24)9-4-3-8-20(21,18(23)26-17)15(13)7-10-19(14,16)2/h13-17,24H,3-11H2,1-2H3/t13-,14-,15-,16-,17+,19-,20+,21+/m0/s1. The molecule has 1 saturated heterocycles. The average Bonchev–Trinajstić information content (AvgIpc) is 2.97. The minimum Gasteiger partial charge on any atom is -0.462 e. The van der Waals surface area contributed by atoms with Crippen LogP contribution in [0.2, 0.25) is 0 Å². The van der Waals surface area contributed by atoms with Gasteiger partial charge in [-0.15, -0.1) is 0 Å². The Hall–Kier alpha value is -1.10. The van der Waals surface area contributed by atoms with Crippen molar-refractivity contribution < 1.29 is 24.2 Å². The Kier molecular flexibility index (Phi) is 3.43. The van der Waals surface area contributed by atoms with Crippen molar-refractivity contribution in [3.05, 3.63) is 0 Å². The van der Waals surface area contributed by atoms with Crippen molar-refractivity contribution in [2.45, 2.75) is 89.4 Å². The van der Waals surface area contributed by atoms with Gasteiger partial charge in [0, 0.05) is 12.3 Å².